The lowest BCUT2D eigenvalue weighted by Gasteiger charge is -2.34. The minimum atomic E-state index is -0.978. The van der Waals surface area contributed by atoms with Gasteiger partial charge in [-0.15, -0.1) is 0 Å². The molecule has 0 fully saturated rings. The molecule has 0 aliphatic carbocycles. The molecule has 0 spiro atoms. The molecule has 0 aromatic heterocycles. The van der Waals surface area contributed by atoms with Crippen molar-refractivity contribution in [3.63, 3.8) is 0 Å². The van der Waals surface area contributed by atoms with Crippen LogP contribution in [-0.2, 0) is 14.3 Å². The summed E-state index contributed by atoms with van der Waals surface area (Å²) < 4.78 is 5.34. The number of nitrogens with zero attached hydrogens (tertiary/aromatic N) is 1. The summed E-state index contributed by atoms with van der Waals surface area (Å²) in [6, 6.07) is 17.5. The molecule has 0 saturated carbocycles. The first-order valence-electron chi connectivity index (χ1n) is 12.7. The second-order valence-electron chi connectivity index (χ2n) is 10.3. The van der Waals surface area contributed by atoms with Gasteiger partial charge in [0.05, 0.1) is 0 Å². The third-order valence-electron chi connectivity index (χ3n) is 6.10. The lowest BCUT2D eigenvalue weighted by atomic mass is 9.96. The first-order chi connectivity index (χ1) is 17.9. The van der Waals surface area contributed by atoms with Crippen LogP contribution in [0.5, 0.6) is 0 Å². The molecule has 0 aliphatic heterocycles. The highest BCUT2D eigenvalue weighted by atomic mass is 32.1. The number of ether oxygens (including phenoxy) is 1. The number of benzene rings is 3. The van der Waals surface area contributed by atoms with Crippen LogP contribution in [0.4, 0.5) is 10.5 Å². The monoisotopic (exact) mass is 535 g/mol. The second-order valence-corrected chi connectivity index (χ2v) is 10.7. The summed E-state index contributed by atoms with van der Waals surface area (Å²) in [6.45, 7) is 11.1. The van der Waals surface area contributed by atoms with Crippen LogP contribution >= 0.6 is 12.6 Å². The summed E-state index contributed by atoms with van der Waals surface area (Å²) in [4.78, 5) is 41.6. The molecule has 2 unspecified atom stereocenters. The number of hydrogen-bond acceptors (Lipinski definition) is 5. The van der Waals surface area contributed by atoms with Crippen LogP contribution in [0, 0.1) is 13.8 Å². The number of rotatable bonds is 8. The van der Waals surface area contributed by atoms with Crippen molar-refractivity contribution in [1.29, 1.82) is 0 Å². The molecule has 3 aromatic carbocycles. The highest BCUT2D eigenvalue weighted by Gasteiger charge is 2.36. The van der Waals surface area contributed by atoms with E-state index in [1.807, 2.05) is 81.4 Å². The highest BCUT2D eigenvalue weighted by molar-refractivity contribution is 7.80. The topological polar surface area (TPSA) is 87.7 Å². The number of carbonyl (C=O) groups excluding carboxylic acids is 3. The number of carbonyl (C=O) groups is 3. The highest BCUT2D eigenvalue weighted by Crippen LogP contribution is 2.28. The summed E-state index contributed by atoms with van der Waals surface area (Å²) >= 11 is 4.31. The predicted molar refractivity (Wildman–Crippen MR) is 156 cm³/mol. The fourth-order valence-electron chi connectivity index (χ4n) is 4.28. The van der Waals surface area contributed by atoms with Gasteiger partial charge in [-0.05, 0) is 75.6 Å². The van der Waals surface area contributed by atoms with E-state index in [0.29, 0.717) is 11.3 Å². The van der Waals surface area contributed by atoms with E-state index >= 15 is 0 Å². The van der Waals surface area contributed by atoms with Crippen molar-refractivity contribution in [3.8, 4) is 0 Å². The zero-order chi connectivity index (χ0) is 28.0. The molecule has 2 atom stereocenters. The zero-order valence-electron chi connectivity index (χ0n) is 22.9. The number of likely N-dealkylation sites (N-methyl/N-ethyl adjacent to an activating group) is 1. The van der Waals surface area contributed by atoms with Gasteiger partial charge in [0.15, 0.2) is 0 Å². The van der Waals surface area contributed by atoms with E-state index in [0.717, 1.165) is 21.9 Å². The standard InChI is InChI=1S/C30H37N3O4S/c1-7-33(28(35)25(18-38)32-29(36)37-30(4,5)6)26(24-16-19(2)12-13-20(24)3)27(34)31-23-15-14-21-10-8-9-11-22(21)17-23/h8-17,25-26,38H,7,18H2,1-6H3,(H,31,34)(H,32,36). The maximum atomic E-state index is 13.9. The van der Waals surface area contributed by atoms with Crippen molar-refractivity contribution in [2.24, 2.45) is 0 Å². The summed E-state index contributed by atoms with van der Waals surface area (Å²) in [5, 5.41) is 7.69. The molecule has 7 nitrogen and oxygen atoms in total. The van der Waals surface area contributed by atoms with E-state index in [4.69, 9.17) is 4.74 Å². The van der Waals surface area contributed by atoms with Crippen molar-refractivity contribution in [3.05, 3.63) is 77.4 Å². The Bertz CT molecular complexity index is 1320. The number of alkyl carbamates (subject to hydrolysis) is 1. The zero-order valence-corrected chi connectivity index (χ0v) is 23.8. The SMILES string of the molecule is CCN(C(=O)C(CS)NC(=O)OC(C)(C)C)C(C(=O)Nc1ccc2ccccc2c1)c1cc(C)ccc1C. The van der Waals surface area contributed by atoms with E-state index in [9.17, 15) is 14.4 Å². The van der Waals surface area contributed by atoms with Crippen molar-refractivity contribution in [2.75, 3.05) is 17.6 Å². The normalized spacial score (nSPS) is 12.9. The first kappa shape index (κ1) is 29.0. The van der Waals surface area contributed by atoms with Gasteiger partial charge in [0.2, 0.25) is 5.91 Å². The average molecular weight is 536 g/mol. The van der Waals surface area contributed by atoms with Crippen molar-refractivity contribution >= 4 is 47.0 Å². The Labute approximate surface area is 230 Å². The van der Waals surface area contributed by atoms with Crippen molar-refractivity contribution in [1.82, 2.24) is 10.2 Å². The van der Waals surface area contributed by atoms with Crippen LogP contribution in [0.3, 0.4) is 0 Å². The van der Waals surface area contributed by atoms with E-state index in [1.54, 1.807) is 20.8 Å². The second kappa shape index (κ2) is 12.3. The number of hydrogen-bond donors (Lipinski definition) is 3. The van der Waals surface area contributed by atoms with Crippen LogP contribution in [0.1, 0.15) is 50.4 Å². The summed E-state index contributed by atoms with van der Waals surface area (Å²) in [7, 11) is 0. The van der Waals surface area contributed by atoms with Gasteiger partial charge in [-0.2, -0.15) is 12.6 Å². The van der Waals surface area contributed by atoms with Gasteiger partial charge in [-0.3, -0.25) is 9.59 Å². The summed E-state index contributed by atoms with van der Waals surface area (Å²) in [5.41, 5.74) is 2.47. The number of aryl methyl sites for hydroxylation is 2. The molecule has 2 N–H and O–H groups in total. The van der Waals surface area contributed by atoms with Gasteiger partial charge in [0, 0.05) is 18.0 Å². The van der Waals surface area contributed by atoms with Crippen molar-refractivity contribution in [2.45, 2.75) is 59.2 Å². The van der Waals surface area contributed by atoms with Gasteiger partial charge in [-0.1, -0.05) is 54.1 Å². The molecule has 202 valence electrons. The van der Waals surface area contributed by atoms with Gasteiger partial charge in [0.25, 0.3) is 5.91 Å². The number of anilines is 1. The third-order valence-corrected chi connectivity index (χ3v) is 6.47. The quantitative estimate of drug-likeness (QED) is 0.318. The van der Waals surface area contributed by atoms with Crippen LogP contribution in [0.25, 0.3) is 10.8 Å². The van der Waals surface area contributed by atoms with Gasteiger partial charge in [-0.25, -0.2) is 4.79 Å². The average Bonchev–Trinajstić information content (AvgIpc) is 2.85. The Morgan fingerprint density at radius 2 is 1.66 bits per heavy atom. The van der Waals surface area contributed by atoms with E-state index in [1.165, 1.54) is 4.90 Å². The molecule has 3 amide bonds. The Morgan fingerprint density at radius 1 is 0.974 bits per heavy atom. The number of nitrogens with one attached hydrogen (secondary N) is 2. The third kappa shape index (κ3) is 7.28. The number of fused-ring (bicyclic) bond motifs is 1. The van der Waals surface area contributed by atoms with Crippen LogP contribution < -0.4 is 10.6 Å². The first-order valence-corrected chi connectivity index (χ1v) is 13.3. The van der Waals surface area contributed by atoms with Crippen molar-refractivity contribution < 1.29 is 19.1 Å². The molecule has 3 aromatic rings. The van der Waals surface area contributed by atoms with Crippen LogP contribution in [-0.4, -0.2) is 46.7 Å². The maximum Gasteiger partial charge on any atom is 0.408 e. The van der Waals surface area contributed by atoms with E-state index in [2.05, 4.69) is 23.3 Å². The van der Waals surface area contributed by atoms with Gasteiger partial charge in [0.1, 0.15) is 17.7 Å². The molecule has 0 radical (unpaired) electrons. The molecule has 38 heavy (non-hydrogen) atoms. The molecular formula is C30H37N3O4S. The lowest BCUT2D eigenvalue weighted by molar-refractivity contribution is -0.140. The molecule has 0 aliphatic rings. The van der Waals surface area contributed by atoms with E-state index < -0.39 is 29.7 Å². The Hall–Kier alpha value is -3.52. The maximum absolute atomic E-state index is 13.9. The van der Waals surface area contributed by atoms with Gasteiger partial charge < -0.3 is 20.3 Å². The molecule has 3 rings (SSSR count). The summed E-state index contributed by atoms with van der Waals surface area (Å²) in [6.07, 6.45) is -0.718. The molecule has 0 saturated heterocycles. The van der Waals surface area contributed by atoms with Crippen LogP contribution in [0.2, 0.25) is 0 Å². The summed E-state index contributed by atoms with van der Waals surface area (Å²) in [5.74, 6) is -0.729. The predicted octanol–water partition coefficient (Wildman–Crippen LogP) is 5.81. The molecule has 0 bridgehead atoms. The fraction of sp³-hybridized carbons (Fsp3) is 0.367. The Kier molecular flexibility index (Phi) is 9.44. The largest absolute Gasteiger partial charge is 0.444 e. The molecular weight excluding hydrogens is 498 g/mol. The lowest BCUT2D eigenvalue weighted by Crippen LogP contribution is -2.53. The number of amides is 3. The minimum absolute atomic E-state index is 0.0421. The molecule has 0 heterocycles. The van der Waals surface area contributed by atoms with Crippen LogP contribution in [0.15, 0.2) is 60.7 Å². The number of thiol groups is 1. The minimum Gasteiger partial charge on any atom is -0.444 e. The Balaban J connectivity index is 1.97. The van der Waals surface area contributed by atoms with E-state index in [-0.39, 0.29) is 18.2 Å². The molecule has 8 heteroatoms. The fourth-order valence-corrected chi connectivity index (χ4v) is 4.53. The Morgan fingerprint density at radius 3 is 2.29 bits per heavy atom. The van der Waals surface area contributed by atoms with Gasteiger partial charge >= 0.3 is 6.09 Å². The smallest absolute Gasteiger partial charge is 0.408 e.